The summed E-state index contributed by atoms with van der Waals surface area (Å²) in [5.74, 6) is -0.963. The Labute approximate surface area is 139 Å². The Balaban J connectivity index is 2.80. The summed E-state index contributed by atoms with van der Waals surface area (Å²) in [5.41, 5.74) is 0.117. The highest BCUT2D eigenvalue weighted by Gasteiger charge is 2.28. The lowest BCUT2D eigenvalue weighted by Crippen LogP contribution is -2.10. The summed E-state index contributed by atoms with van der Waals surface area (Å²) in [6.45, 7) is 3.34. The lowest BCUT2D eigenvalue weighted by molar-refractivity contribution is 0.591. The van der Waals surface area contributed by atoms with Crippen LogP contribution in [0.2, 0.25) is 0 Å². The Kier molecular flexibility index (Phi) is 4.84. The molecule has 2 aromatic carbocycles. The van der Waals surface area contributed by atoms with Crippen molar-refractivity contribution in [3.63, 3.8) is 0 Å². The highest BCUT2D eigenvalue weighted by atomic mass is 35.7. The third kappa shape index (κ3) is 3.57. The molecule has 0 N–H and O–H groups in total. The first-order valence-electron chi connectivity index (χ1n) is 6.63. The smallest absolute Gasteiger partial charge is 0.219 e. The Morgan fingerprint density at radius 2 is 1.43 bits per heavy atom. The van der Waals surface area contributed by atoms with Crippen molar-refractivity contribution in [3.05, 3.63) is 53.8 Å². The molecular weight excluding hydrogens is 363 g/mol. The minimum absolute atomic E-state index is 0.117. The van der Waals surface area contributed by atoms with E-state index < -0.39 is 30.6 Å². The maximum absolute atomic E-state index is 13.0. The van der Waals surface area contributed by atoms with Crippen molar-refractivity contribution in [3.8, 4) is 0 Å². The van der Waals surface area contributed by atoms with Crippen molar-refractivity contribution in [1.82, 2.24) is 0 Å². The third-order valence-corrected chi connectivity index (χ3v) is 6.49. The maximum Gasteiger partial charge on any atom is 0.261 e. The standard InChI is InChI=1S/C15H14ClFO4S2/c1-10(2)15-13(4-3-5-14(15)23(16,20)21)22(18,19)12-8-6-11(17)7-9-12/h3-10H,1-2H3. The summed E-state index contributed by atoms with van der Waals surface area (Å²) in [4.78, 5) is -0.511. The molecule has 0 aliphatic carbocycles. The lowest BCUT2D eigenvalue weighted by atomic mass is 10.0. The van der Waals surface area contributed by atoms with E-state index in [-0.39, 0.29) is 20.2 Å². The van der Waals surface area contributed by atoms with E-state index >= 15 is 0 Å². The number of benzene rings is 2. The zero-order chi connectivity index (χ0) is 17.4. The molecule has 23 heavy (non-hydrogen) atoms. The van der Waals surface area contributed by atoms with Gasteiger partial charge >= 0.3 is 0 Å². The van der Waals surface area contributed by atoms with Crippen LogP contribution in [0.15, 0.2) is 57.2 Å². The fourth-order valence-corrected chi connectivity index (χ4v) is 5.24. The van der Waals surface area contributed by atoms with Crippen LogP contribution in [0.25, 0.3) is 0 Å². The normalized spacial score (nSPS) is 12.6. The topological polar surface area (TPSA) is 68.3 Å². The van der Waals surface area contributed by atoms with E-state index in [4.69, 9.17) is 10.7 Å². The summed E-state index contributed by atoms with van der Waals surface area (Å²) in [6, 6.07) is 8.24. The van der Waals surface area contributed by atoms with E-state index in [2.05, 4.69) is 0 Å². The number of hydrogen-bond acceptors (Lipinski definition) is 4. The molecule has 2 rings (SSSR count). The minimum Gasteiger partial charge on any atom is -0.219 e. The molecule has 0 heterocycles. The van der Waals surface area contributed by atoms with Crippen LogP contribution in [0, 0.1) is 5.82 Å². The van der Waals surface area contributed by atoms with Gasteiger partial charge in [0.05, 0.1) is 14.7 Å². The first-order chi connectivity index (χ1) is 10.5. The molecule has 8 heteroatoms. The van der Waals surface area contributed by atoms with Gasteiger partial charge in [-0.25, -0.2) is 21.2 Å². The minimum atomic E-state index is -4.10. The molecule has 0 saturated carbocycles. The molecular formula is C15H14ClFO4S2. The van der Waals surface area contributed by atoms with Gasteiger partial charge in [0, 0.05) is 10.7 Å². The lowest BCUT2D eigenvalue weighted by Gasteiger charge is -2.16. The molecule has 2 aromatic rings. The monoisotopic (exact) mass is 376 g/mol. The molecule has 0 aromatic heterocycles. The predicted octanol–water partition coefficient (Wildman–Crippen LogP) is 3.71. The van der Waals surface area contributed by atoms with Crippen LogP contribution in [-0.4, -0.2) is 16.8 Å². The SMILES string of the molecule is CC(C)c1c(S(=O)(=O)Cl)cccc1S(=O)(=O)c1ccc(F)cc1. The molecule has 124 valence electrons. The summed E-state index contributed by atoms with van der Waals surface area (Å²) >= 11 is 0. The number of halogens is 2. The summed E-state index contributed by atoms with van der Waals surface area (Å²) in [7, 11) is -2.68. The van der Waals surface area contributed by atoms with E-state index in [1.54, 1.807) is 13.8 Å². The quantitative estimate of drug-likeness (QED) is 0.602. The van der Waals surface area contributed by atoms with Gasteiger partial charge in [0.25, 0.3) is 9.05 Å². The Bertz CT molecular complexity index is 934. The van der Waals surface area contributed by atoms with Gasteiger partial charge in [-0.05, 0) is 47.9 Å². The van der Waals surface area contributed by atoms with Gasteiger partial charge in [-0.1, -0.05) is 19.9 Å². The van der Waals surface area contributed by atoms with E-state index in [9.17, 15) is 21.2 Å². The Morgan fingerprint density at radius 3 is 1.91 bits per heavy atom. The van der Waals surface area contributed by atoms with Crippen molar-refractivity contribution in [2.75, 3.05) is 0 Å². The molecule has 0 bridgehead atoms. The second-order valence-electron chi connectivity index (χ2n) is 5.22. The Hall–Kier alpha value is -1.44. The molecule has 0 unspecified atom stereocenters. The third-order valence-electron chi connectivity index (χ3n) is 3.28. The number of hydrogen-bond donors (Lipinski definition) is 0. The fraction of sp³-hybridized carbons (Fsp3) is 0.200. The van der Waals surface area contributed by atoms with Crippen LogP contribution in [0.1, 0.15) is 25.3 Å². The zero-order valence-corrected chi connectivity index (χ0v) is 14.7. The van der Waals surface area contributed by atoms with Crippen LogP contribution in [-0.2, 0) is 18.9 Å². The van der Waals surface area contributed by atoms with Gasteiger partial charge < -0.3 is 0 Å². The molecule has 0 saturated heterocycles. The van der Waals surface area contributed by atoms with Gasteiger partial charge in [0.1, 0.15) is 5.82 Å². The summed E-state index contributed by atoms with van der Waals surface area (Å²) in [6.07, 6.45) is 0. The van der Waals surface area contributed by atoms with E-state index in [1.165, 1.54) is 18.2 Å². The number of sulfone groups is 1. The van der Waals surface area contributed by atoms with Gasteiger partial charge in [0.15, 0.2) is 0 Å². The molecule has 0 amide bonds. The molecule has 0 aliphatic heterocycles. The van der Waals surface area contributed by atoms with E-state index in [0.717, 1.165) is 24.3 Å². The molecule has 0 spiro atoms. The van der Waals surface area contributed by atoms with Gasteiger partial charge in [-0.15, -0.1) is 0 Å². The Morgan fingerprint density at radius 1 is 0.913 bits per heavy atom. The molecule has 0 aliphatic rings. The van der Waals surface area contributed by atoms with Crippen molar-refractivity contribution >= 4 is 29.6 Å². The molecule has 0 fully saturated rings. The highest BCUT2D eigenvalue weighted by Crippen LogP contribution is 2.34. The highest BCUT2D eigenvalue weighted by molar-refractivity contribution is 8.13. The van der Waals surface area contributed by atoms with E-state index in [0.29, 0.717) is 0 Å². The molecule has 0 radical (unpaired) electrons. The van der Waals surface area contributed by atoms with Crippen LogP contribution in [0.5, 0.6) is 0 Å². The number of rotatable bonds is 4. The fourth-order valence-electron chi connectivity index (χ4n) is 2.28. The first-order valence-corrected chi connectivity index (χ1v) is 10.4. The van der Waals surface area contributed by atoms with Crippen molar-refractivity contribution in [1.29, 1.82) is 0 Å². The first kappa shape index (κ1) is 17.9. The van der Waals surface area contributed by atoms with Gasteiger partial charge in [0.2, 0.25) is 9.84 Å². The van der Waals surface area contributed by atoms with Gasteiger partial charge in [-0.3, -0.25) is 0 Å². The van der Waals surface area contributed by atoms with Gasteiger partial charge in [-0.2, -0.15) is 0 Å². The van der Waals surface area contributed by atoms with E-state index in [1.807, 2.05) is 0 Å². The second-order valence-corrected chi connectivity index (χ2v) is 9.67. The molecule has 4 nitrogen and oxygen atoms in total. The van der Waals surface area contributed by atoms with Crippen molar-refractivity contribution in [2.24, 2.45) is 0 Å². The van der Waals surface area contributed by atoms with Crippen molar-refractivity contribution < 1.29 is 21.2 Å². The van der Waals surface area contributed by atoms with Crippen LogP contribution >= 0.6 is 10.7 Å². The largest absolute Gasteiger partial charge is 0.261 e. The predicted molar refractivity (Wildman–Crippen MR) is 85.4 cm³/mol. The van der Waals surface area contributed by atoms with Crippen LogP contribution in [0.3, 0.4) is 0 Å². The van der Waals surface area contributed by atoms with Crippen LogP contribution in [0.4, 0.5) is 4.39 Å². The second kappa shape index (κ2) is 6.22. The van der Waals surface area contributed by atoms with Crippen molar-refractivity contribution in [2.45, 2.75) is 34.5 Å². The zero-order valence-electron chi connectivity index (χ0n) is 12.3. The summed E-state index contributed by atoms with van der Waals surface area (Å²) in [5, 5.41) is 0. The average Bonchev–Trinajstić information content (AvgIpc) is 2.46. The molecule has 0 atom stereocenters. The summed E-state index contributed by atoms with van der Waals surface area (Å²) < 4.78 is 62.1. The maximum atomic E-state index is 13.0. The average molecular weight is 377 g/mol. The van der Waals surface area contributed by atoms with Crippen LogP contribution < -0.4 is 0 Å².